The van der Waals surface area contributed by atoms with E-state index in [9.17, 15) is 4.79 Å². The summed E-state index contributed by atoms with van der Waals surface area (Å²) in [6.45, 7) is 3.08. The molecule has 0 bridgehead atoms. The van der Waals surface area contributed by atoms with Gasteiger partial charge in [-0.15, -0.1) is 5.10 Å². The number of hydrogen-bond donors (Lipinski definition) is 1. The molecule has 1 saturated heterocycles. The molecule has 2 rings (SSSR count). The maximum atomic E-state index is 12.1. The molecule has 1 aromatic heterocycles. The van der Waals surface area contributed by atoms with E-state index < -0.39 is 0 Å². The second-order valence-corrected chi connectivity index (χ2v) is 4.84. The van der Waals surface area contributed by atoms with Crippen LogP contribution < -0.4 is 5.73 Å². The molecule has 1 unspecified atom stereocenters. The second kappa shape index (κ2) is 6.49. The molecule has 0 aromatic carbocycles. The van der Waals surface area contributed by atoms with Crippen LogP contribution in [-0.4, -0.2) is 45.4 Å². The predicted octanol–water partition coefficient (Wildman–Crippen LogP) is 0.256. The number of aryl methyl sites for hydroxylation is 1. The summed E-state index contributed by atoms with van der Waals surface area (Å²) in [7, 11) is 0. The van der Waals surface area contributed by atoms with E-state index in [1.807, 2.05) is 4.90 Å². The summed E-state index contributed by atoms with van der Waals surface area (Å²) in [5.74, 6) is 0.797. The van der Waals surface area contributed by atoms with Gasteiger partial charge >= 0.3 is 0 Å². The molecular formula is C12H21N5O. The molecule has 0 saturated carbocycles. The highest BCUT2D eigenvalue weighted by molar-refractivity contribution is 5.76. The largest absolute Gasteiger partial charge is 0.342 e. The predicted molar refractivity (Wildman–Crippen MR) is 67.6 cm³/mol. The van der Waals surface area contributed by atoms with Gasteiger partial charge in [0.15, 0.2) is 0 Å². The first-order valence-corrected chi connectivity index (χ1v) is 6.61. The third-order valence-electron chi connectivity index (χ3n) is 3.47. The smallest absolute Gasteiger partial charge is 0.224 e. The quantitative estimate of drug-likeness (QED) is 0.814. The third-order valence-corrected chi connectivity index (χ3v) is 3.47. The number of nitrogens with two attached hydrogens (primary N) is 1. The van der Waals surface area contributed by atoms with Crippen LogP contribution in [0.2, 0.25) is 0 Å². The lowest BCUT2D eigenvalue weighted by atomic mass is 9.94. The fourth-order valence-corrected chi connectivity index (χ4v) is 2.48. The summed E-state index contributed by atoms with van der Waals surface area (Å²) < 4.78 is 1.69. The highest BCUT2D eigenvalue weighted by Gasteiger charge is 2.22. The first kappa shape index (κ1) is 13.0. The number of amides is 1. The molecule has 6 heteroatoms. The third kappa shape index (κ3) is 3.53. The van der Waals surface area contributed by atoms with Gasteiger partial charge in [-0.25, -0.2) is 0 Å². The van der Waals surface area contributed by atoms with Crippen molar-refractivity contribution in [1.29, 1.82) is 0 Å². The summed E-state index contributed by atoms with van der Waals surface area (Å²) >= 11 is 0. The van der Waals surface area contributed by atoms with Crippen molar-refractivity contribution in [2.45, 2.75) is 32.2 Å². The monoisotopic (exact) mass is 251 g/mol. The lowest BCUT2D eigenvalue weighted by Gasteiger charge is -2.32. The molecule has 1 fully saturated rings. The normalized spacial score (nSPS) is 20.1. The standard InChI is InChI=1S/C12H21N5O/c13-5-3-11-2-1-7-16(10-11)12(18)4-8-17-9-6-14-15-17/h6,9,11H,1-5,7-8,10,13H2. The van der Waals surface area contributed by atoms with Gasteiger partial charge in [-0.3, -0.25) is 9.48 Å². The van der Waals surface area contributed by atoms with Crippen LogP contribution in [0.1, 0.15) is 25.7 Å². The fourth-order valence-electron chi connectivity index (χ4n) is 2.48. The highest BCUT2D eigenvalue weighted by Crippen LogP contribution is 2.19. The van der Waals surface area contributed by atoms with Gasteiger partial charge in [-0.1, -0.05) is 5.21 Å². The van der Waals surface area contributed by atoms with E-state index in [4.69, 9.17) is 5.73 Å². The highest BCUT2D eigenvalue weighted by atomic mass is 16.2. The van der Waals surface area contributed by atoms with Gasteiger partial charge in [0.05, 0.1) is 12.7 Å². The van der Waals surface area contributed by atoms with Crippen LogP contribution >= 0.6 is 0 Å². The average molecular weight is 251 g/mol. The second-order valence-electron chi connectivity index (χ2n) is 4.84. The number of piperidine rings is 1. The van der Waals surface area contributed by atoms with Crippen LogP contribution in [0, 0.1) is 5.92 Å². The molecule has 0 radical (unpaired) electrons. The van der Waals surface area contributed by atoms with Crippen molar-refractivity contribution in [3.63, 3.8) is 0 Å². The zero-order valence-corrected chi connectivity index (χ0v) is 10.7. The van der Waals surface area contributed by atoms with E-state index in [-0.39, 0.29) is 5.91 Å². The molecule has 100 valence electrons. The maximum absolute atomic E-state index is 12.1. The van der Waals surface area contributed by atoms with E-state index in [1.165, 1.54) is 6.42 Å². The molecule has 1 aromatic rings. The Hall–Kier alpha value is -1.43. The minimum Gasteiger partial charge on any atom is -0.342 e. The van der Waals surface area contributed by atoms with Gasteiger partial charge in [0.25, 0.3) is 0 Å². The molecule has 1 aliphatic heterocycles. The van der Waals surface area contributed by atoms with Crippen molar-refractivity contribution in [1.82, 2.24) is 19.9 Å². The summed E-state index contributed by atoms with van der Waals surface area (Å²) in [4.78, 5) is 14.0. The van der Waals surface area contributed by atoms with Crippen LogP contribution in [0.25, 0.3) is 0 Å². The first-order chi connectivity index (χ1) is 8.79. The number of likely N-dealkylation sites (tertiary alicyclic amines) is 1. The number of carbonyl (C=O) groups excluding carboxylic acids is 1. The minimum absolute atomic E-state index is 0.215. The maximum Gasteiger partial charge on any atom is 0.224 e. The van der Waals surface area contributed by atoms with Crippen molar-refractivity contribution in [3.8, 4) is 0 Å². The van der Waals surface area contributed by atoms with E-state index >= 15 is 0 Å². The van der Waals surface area contributed by atoms with Gasteiger partial charge in [-0.05, 0) is 31.7 Å². The number of hydrogen-bond acceptors (Lipinski definition) is 4. The van der Waals surface area contributed by atoms with Crippen LogP contribution in [-0.2, 0) is 11.3 Å². The molecule has 2 heterocycles. The molecule has 18 heavy (non-hydrogen) atoms. The molecule has 0 spiro atoms. The Labute approximate surface area is 107 Å². The Morgan fingerprint density at radius 2 is 2.39 bits per heavy atom. The first-order valence-electron chi connectivity index (χ1n) is 6.61. The van der Waals surface area contributed by atoms with E-state index in [1.54, 1.807) is 17.1 Å². The van der Waals surface area contributed by atoms with Crippen molar-refractivity contribution in [3.05, 3.63) is 12.4 Å². The van der Waals surface area contributed by atoms with Crippen molar-refractivity contribution in [2.24, 2.45) is 11.7 Å². The number of carbonyl (C=O) groups is 1. The van der Waals surface area contributed by atoms with Gasteiger partial charge in [0.1, 0.15) is 0 Å². The molecule has 0 aliphatic carbocycles. The molecule has 2 N–H and O–H groups in total. The van der Waals surface area contributed by atoms with E-state index in [0.717, 1.165) is 25.9 Å². The van der Waals surface area contributed by atoms with Crippen LogP contribution in [0.4, 0.5) is 0 Å². The summed E-state index contributed by atoms with van der Waals surface area (Å²) in [5.41, 5.74) is 5.58. The average Bonchev–Trinajstić information content (AvgIpc) is 2.90. The van der Waals surface area contributed by atoms with E-state index in [2.05, 4.69) is 10.3 Å². The van der Waals surface area contributed by atoms with Gasteiger partial charge < -0.3 is 10.6 Å². The Kier molecular flexibility index (Phi) is 4.69. The van der Waals surface area contributed by atoms with Crippen molar-refractivity contribution < 1.29 is 4.79 Å². The zero-order valence-electron chi connectivity index (χ0n) is 10.7. The van der Waals surface area contributed by atoms with Crippen LogP contribution in [0.15, 0.2) is 12.4 Å². The minimum atomic E-state index is 0.215. The molecule has 1 amide bonds. The van der Waals surface area contributed by atoms with Crippen LogP contribution in [0.5, 0.6) is 0 Å². The van der Waals surface area contributed by atoms with Gasteiger partial charge in [0.2, 0.25) is 5.91 Å². The summed E-state index contributed by atoms with van der Waals surface area (Å²) in [6.07, 6.45) is 7.22. The fraction of sp³-hybridized carbons (Fsp3) is 0.750. The zero-order chi connectivity index (χ0) is 12.8. The number of nitrogens with zero attached hydrogens (tertiary/aromatic N) is 4. The summed E-state index contributed by atoms with van der Waals surface area (Å²) in [5, 5.41) is 7.58. The van der Waals surface area contributed by atoms with Crippen molar-refractivity contribution >= 4 is 5.91 Å². The Morgan fingerprint density at radius 1 is 1.50 bits per heavy atom. The topological polar surface area (TPSA) is 77.0 Å². The number of rotatable bonds is 5. The lowest BCUT2D eigenvalue weighted by molar-refractivity contribution is -0.133. The van der Waals surface area contributed by atoms with E-state index in [0.29, 0.717) is 25.4 Å². The van der Waals surface area contributed by atoms with Crippen LogP contribution in [0.3, 0.4) is 0 Å². The SMILES string of the molecule is NCCC1CCCN(C(=O)CCn2ccnn2)C1. The molecule has 1 atom stereocenters. The Morgan fingerprint density at radius 3 is 3.11 bits per heavy atom. The molecule has 1 aliphatic rings. The van der Waals surface area contributed by atoms with Gasteiger partial charge in [0, 0.05) is 25.7 Å². The van der Waals surface area contributed by atoms with Gasteiger partial charge in [-0.2, -0.15) is 0 Å². The Balaban J connectivity index is 1.77. The Bertz CT molecular complexity index is 363. The lowest BCUT2D eigenvalue weighted by Crippen LogP contribution is -2.40. The molecule has 6 nitrogen and oxygen atoms in total. The number of aromatic nitrogens is 3. The van der Waals surface area contributed by atoms with Crippen molar-refractivity contribution in [2.75, 3.05) is 19.6 Å². The summed E-state index contributed by atoms with van der Waals surface area (Å²) in [6, 6.07) is 0. The molecular weight excluding hydrogens is 230 g/mol.